The topological polar surface area (TPSA) is 129 Å². The molecule has 3 rings (SSSR count). The second-order valence-corrected chi connectivity index (χ2v) is 8.17. The first-order valence-electron chi connectivity index (χ1n) is 10.6. The normalized spacial score (nSPS) is 11.5. The number of carbonyl (C=O) groups excluding carboxylic acids is 1. The van der Waals surface area contributed by atoms with Gasteiger partial charge in [0, 0.05) is 38.1 Å². The van der Waals surface area contributed by atoms with E-state index in [1.54, 1.807) is 12.3 Å². The van der Waals surface area contributed by atoms with Crippen LogP contribution >= 0.6 is 23.2 Å². The fourth-order valence-corrected chi connectivity index (χ4v) is 3.64. The summed E-state index contributed by atoms with van der Waals surface area (Å²) in [6.07, 6.45) is 6.65. The smallest absolute Gasteiger partial charge is 0.326 e. The molecule has 0 saturated heterocycles. The molecule has 0 radical (unpaired) electrons. The second-order valence-electron chi connectivity index (χ2n) is 7.36. The van der Waals surface area contributed by atoms with E-state index in [9.17, 15) is 14.7 Å². The molecule has 1 aromatic carbocycles. The third kappa shape index (κ3) is 7.57. The van der Waals surface area contributed by atoms with E-state index in [2.05, 4.69) is 30.9 Å². The Morgan fingerprint density at radius 3 is 2.21 bits per heavy atom. The van der Waals surface area contributed by atoms with Crippen LogP contribution in [0.5, 0.6) is 0 Å². The Kier molecular flexibility index (Phi) is 9.42. The Morgan fingerprint density at radius 1 is 0.912 bits per heavy atom. The van der Waals surface area contributed by atoms with Crippen molar-refractivity contribution in [1.29, 1.82) is 0 Å². The number of carbonyl (C=O) groups is 2. The first kappa shape index (κ1) is 25.2. The zero-order chi connectivity index (χ0) is 24.3. The van der Waals surface area contributed by atoms with Crippen molar-refractivity contribution in [2.45, 2.75) is 25.3 Å². The summed E-state index contributed by atoms with van der Waals surface area (Å²) in [5.41, 5.74) is 0.589. The van der Waals surface area contributed by atoms with Gasteiger partial charge in [0.25, 0.3) is 5.91 Å². The van der Waals surface area contributed by atoms with Crippen molar-refractivity contribution in [2.75, 3.05) is 23.7 Å². The highest BCUT2D eigenvalue weighted by Gasteiger charge is 2.24. The molecule has 4 N–H and O–H groups in total. The van der Waals surface area contributed by atoms with Gasteiger partial charge in [0.15, 0.2) is 0 Å². The van der Waals surface area contributed by atoms with E-state index in [-0.39, 0.29) is 22.0 Å². The van der Waals surface area contributed by atoms with Crippen LogP contribution in [0.1, 0.15) is 28.8 Å². The van der Waals surface area contributed by atoms with Crippen LogP contribution in [-0.4, -0.2) is 51.1 Å². The molecule has 178 valence electrons. The Balaban J connectivity index is 1.45. The number of aliphatic carboxylic acids is 1. The molecule has 0 bridgehead atoms. The van der Waals surface area contributed by atoms with Crippen LogP contribution in [-0.2, 0) is 11.2 Å². The number of anilines is 2. The lowest BCUT2D eigenvalue weighted by Gasteiger charge is -2.16. The molecule has 0 aliphatic rings. The molecule has 0 unspecified atom stereocenters. The van der Waals surface area contributed by atoms with Gasteiger partial charge in [-0.05, 0) is 42.7 Å². The summed E-state index contributed by atoms with van der Waals surface area (Å²) in [6.45, 7) is 1.50. The Labute approximate surface area is 206 Å². The molecule has 0 spiro atoms. The van der Waals surface area contributed by atoms with Gasteiger partial charge < -0.3 is 21.1 Å². The van der Waals surface area contributed by atoms with Crippen LogP contribution in [0, 0.1) is 0 Å². The van der Waals surface area contributed by atoms with E-state index in [1.807, 2.05) is 18.2 Å². The Hall–Kier alpha value is -3.43. The SMILES string of the molecule is O=C(N[C@@H](Cc1cnc(NCCCCNc2ccccn2)nc1)C(=O)O)c1c(Cl)cccc1Cl. The molecule has 0 aliphatic carbocycles. The van der Waals surface area contributed by atoms with Gasteiger partial charge in [-0.15, -0.1) is 0 Å². The number of carboxylic acids is 1. The third-order valence-corrected chi connectivity index (χ3v) is 5.43. The number of aromatic nitrogens is 3. The zero-order valence-corrected chi connectivity index (χ0v) is 19.7. The Bertz CT molecular complexity index is 1080. The monoisotopic (exact) mass is 502 g/mol. The van der Waals surface area contributed by atoms with Gasteiger partial charge in [0.1, 0.15) is 11.9 Å². The van der Waals surface area contributed by atoms with E-state index >= 15 is 0 Å². The predicted octanol–water partition coefficient (Wildman–Crippen LogP) is 3.91. The third-order valence-electron chi connectivity index (χ3n) is 4.80. The maximum absolute atomic E-state index is 12.5. The molecule has 3 aromatic rings. The highest BCUT2D eigenvalue weighted by molar-refractivity contribution is 6.39. The first-order chi connectivity index (χ1) is 16.4. The second kappa shape index (κ2) is 12.7. The molecule has 34 heavy (non-hydrogen) atoms. The number of unbranched alkanes of at least 4 members (excludes halogenated alkanes) is 1. The van der Waals surface area contributed by atoms with Crippen LogP contribution < -0.4 is 16.0 Å². The standard InChI is InChI=1S/C23H24Cl2N6O3/c24-16-6-5-7-17(25)20(16)21(32)31-18(22(33)34)12-15-13-29-23(30-14-15)28-11-4-3-10-27-19-8-1-2-9-26-19/h1-2,5-9,13-14,18H,3-4,10-12H2,(H,26,27)(H,31,32)(H,33,34)(H,28,29,30)/t18-/m0/s1. The highest BCUT2D eigenvalue weighted by atomic mass is 35.5. The first-order valence-corrected chi connectivity index (χ1v) is 11.4. The van der Waals surface area contributed by atoms with Gasteiger partial charge in [0.05, 0.1) is 15.6 Å². The summed E-state index contributed by atoms with van der Waals surface area (Å²) in [5, 5.41) is 18.7. The summed E-state index contributed by atoms with van der Waals surface area (Å²) in [4.78, 5) is 36.9. The fourth-order valence-electron chi connectivity index (χ4n) is 3.07. The molecule has 0 saturated carbocycles. The lowest BCUT2D eigenvalue weighted by molar-refractivity contribution is -0.139. The summed E-state index contributed by atoms with van der Waals surface area (Å²) >= 11 is 12.1. The van der Waals surface area contributed by atoms with Crippen LogP contribution in [0.2, 0.25) is 10.0 Å². The number of nitrogens with one attached hydrogen (secondary N) is 3. The molecule has 1 amide bonds. The number of amides is 1. The predicted molar refractivity (Wildman–Crippen MR) is 132 cm³/mol. The molecule has 0 aliphatic heterocycles. The van der Waals surface area contributed by atoms with Crippen LogP contribution in [0.3, 0.4) is 0 Å². The summed E-state index contributed by atoms with van der Waals surface area (Å²) in [7, 11) is 0. The lowest BCUT2D eigenvalue weighted by atomic mass is 10.1. The number of pyridine rings is 1. The molecule has 9 nitrogen and oxygen atoms in total. The van der Waals surface area contributed by atoms with Crippen LogP contribution in [0.15, 0.2) is 55.0 Å². The van der Waals surface area contributed by atoms with Crippen molar-refractivity contribution in [2.24, 2.45) is 0 Å². The fraction of sp³-hybridized carbons (Fsp3) is 0.261. The lowest BCUT2D eigenvalue weighted by Crippen LogP contribution is -2.42. The number of nitrogens with zero attached hydrogens (tertiary/aromatic N) is 3. The minimum Gasteiger partial charge on any atom is -0.480 e. The van der Waals surface area contributed by atoms with Gasteiger partial charge in [-0.1, -0.05) is 35.3 Å². The van der Waals surface area contributed by atoms with E-state index in [4.69, 9.17) is 23.2 Å². The molecule has 2 heterocycles. The van der Waals surface area contributed by atoms with Crippen molar-refractivity contribution in [3.05, 3.63) is 76.2 Å². The van der Waals surface area contributed by atoms with Gasteiger partial charge in [0.2, 0.25) is 5.95 Å². The van der Waals surface area contributed by atoms with Gasteiger partial charge in [-0.2, -0.15) is 0 Å². The number of benzene rings is 1. The molecule has 0 fully saturated rings. The highest BCUT2D eigenvalue weighted by Crippen LogP contribution is 2.24. The van der Waals surface area contributed by atoms with Crippen LogP contribution in [0.4, 0.5) is 11.8 Å². The molecule has 11 heteroatoms. The average molecular weight is 503 g/mol. The van der Waals surface area contributed by atoms with Gasteiger partial charge in [-0.25, -0.2) is 19.7 Å². The van der Waals surface area contributed by atoms with Gasteiger partial charge in [-0.3, -0.25) is 4.79 Å². The minimum atomic E-state index is -1.20. The number of carboxylic acid groups (broad SMARTS) is 1. The van der Waals surface area contributed by atoms with Crippen molar-refractivity contribution in [1.82, 2.24) is 20.3 Å². The average Bonchev–Trinajstić information content (AvgIpc) is 2.82. The van der Waals surface area contributed by atoms with Crippen molar-refractivity contribution < 1.29 is 14.7 Å². The maximum Gasteiger partial charge on any atom is 0.326 e. The van der Waals surface area contributed by atoms with E-state index < -0.39 is 17.9 Å². The number of halogens is 2. The van der Waals surface area contributed by atoms with E-state index in [0.29, 0.717) is 18.1 Å². The number of hydrogen-bond donors (Lipinski definition) is 4. The molecular formula is C23H24Cl2N6O3. The molecular weight excluding hydrogens is 479 g/mol. The zero-order valence-electron chi connectivity index (χ0n) is 18.2. The van der Waals surface area contributed by atoms with Gasteiger partial charge >= 0.3 is 5.97 Å². The summed E-state index contributed by atoms with van der Waals surface area (Å²) < 4.78 is 0. The summed E-state index contributed by atoms with van der Waals surface area (Å²) in [5.74, 6) is -0.571. The molecule has 1 atom stereocenters. The minimum absolute atomic E-state index is 0.00260. The number of rotatable bonds is 12. The van der Waals surface area contributed by atoms with E-state index in [0.717, 1.165) is 25.2 Å². The van der Waals surface area contributed by atoms with Crippen LogP contribution in [0.25, 0.3) is 0 Å². The van der Waals surface area contributed by atoms with E-state index in [1.165, 1.54) is 24.5 Å². The van der Waals surface area contributed by atoms with Crippen molar-refractivity contribution in [3.63, 3.8) is 0 Å². The van der Waals surface area contributed by atoms with Crippen molar-refractivity contribution >= 4 is 46.8 Å². The largest absolute Gasteiger partial charge is 0.480 e. The maximum atomic E-state index is 12.5. The quantitative estimate of drug-likeness (QED) is 0.274. The van der Waals surface area contributed by atoms with Crippen molar-refractivity contribution in [3.8, 4) is 0 Å². The number of hydrogen-bond acceptors (Lipinski definition) is 7. The molecule has 2 aromatic heterocycles. The summed E-state index contributed by atoms with van der Waals surface area (Å²) in [6, 6.07) is 9.13. The Morgan fingerprint density at radius 2 is 1.59 bits per heavy atom.